The first kappa shape index (κ1) is 23.5. The summed E-state index contributed by atoms with van der Waals surface area (Å²) < 4.78 is 5.01. The summed E-state index contributed by atoms with van der Waals surface area (Å²) in [5, 5.41) is 2.83. The van der Waals surface area contributed by atoms with Gasteiger partial charge in [0.1, 0.15) is 0 Å². The first-order chi connectivity index (χ1) is 14.1. The van der Waals surface area contributed by atoms with Gasteiger partial charge in [0.15, 0.2) is 12.4 Å². The van der Waals surface area contributed by atoms with Crippen LogP contribution in [-0.4, -0.2) is 30.0 Å². The molecule has 160 valence electrons. The molecule has 0 radical (unpaired) electrons. The zero-order valence-electron chi connectivity index (χ0n) is 17.7. The number of ketones is 2. The minimum absolute atomic E-state index is 0.0344. The topological polar surface area (TPSA) is 89.5 Å². The van der Waals surface area contributed by atoms with Crippen LogP contribution in [0.15, 0.2) is 36.4 Å². The molecule has 1 aromatic carbocycles. The molecule has 0 aliphatic rings. The van der Waals surface area contributed by atoms with E-state index in [9.17, 15) is 19.2 Å². The Kier molecular flexibility index (Phi) is 8.06. The second kappa shape index (κ2) is 10.3. The lowest BCUT2D eigenvalue weighted by molar-refractivity contribution is -0.142. The number of carbonyl (C=O) groups is 4. The van der Waals surface area contributed by atoms with Gasteiger partial charge in [-0.3, -0.25) is 19.2 Å². The molecule has 2 aromatic rings. The van der Waals surface area contributed by atoms with Crippen LogP contribution in [0.2, 0.25) is 0 Å². The number of rotatable bonds is 9. The number of aryl methyl sites for hydroxylation is 1. The van der Waals surface area contributed by atoms with Crippen molar-refractivity contribution < 1.29 is 23.9 Å². The van der Waals surface area contributed by atoms with Crippen LogP contribution in [0.1, 0.15) is 64.1 Å². The molecule has 1 N–H and O–H groups in total. The number of amides is 1. The van der Waals surface area contributed by atoms with Crippen LogP contribution < -0.4 is 5.32 Å². The van der Waals surface area contributed by atoms with E-state index in [2.05, 4.69) is 5.32 Å². The third-order valence-electron chi connectivity index (χ3n) is 4.33. The van der Waals surface area contributed by atoms with Crippen molar-refractivity contribution in [2.75, 3.05) is 6.61 Å². The van der Waals surface area contributed by atoms with Gasteiger partial charge in [0.05, 0.1) is 17.8 Å². The maximum Gasteiger partial charge on any atom is 0.306 e. The maximum atomic E-state index is 12.2. The van der Waals surface area contributed by atoms with E-state index in [1.54, 1.807) is 24.3 Å². The van der Waals surface area contributed by atoms with Crippen molar-refractivity contribution in [1.82, 2.24) is 5.32 Å². The van der Waals surface area contributed by atoms with Crippen LogP contribution in [0.25, 0.3) is 0 Å². The Morgan fingerprint density at radius 2 is 1.60 bits per heavy atom. The third kappa shape index (κ3) is 7.22. The van der Waals surface area contributed by atoms with Gasteiger partial charge < -0.3 is 10.1 Å². The number of esters is 1. The number of Topliss-reactive ketones (excluding diaryl/α,β-unsaturated/α-hetero) is 2. The lowest BCUT2D eigenvalue weighted by Gasteiger charge is -2.17. The summed E-state index contributed by atoms with van der Waals surface area (Å²) in [6.45, 7) is 7.39. The Balaban J connectivity index is 1.75. The Bertz CT molecular complexity index is 922. The molecule has 0 aliphatic heterocycles. The van der Waals surface area contributed by atoms with Crippen molar-refractivity contribution in [1.29, 1.82) is 0 Å². The van der Waals surface area contributed by atoms with Crippen molar-refractivity contribution in [2.45, 2.75) is 47.1 Å². The number of ether oxygens (including phenoxy) is 1. The molecule has 0 saturated carbocycles. The van der Waals surface area contributed by atoms with E-state index in [1.165, 1.54) is 11.3 Å². The highest BCUT2D eigenvalue weighted by Gasteiger charge is 2.21. The molecule has 1 amide bonds. The molecule has 0 bridgehead atoms. The minimum atomic E-state index is -0.585. The minimum Gasteiger partial charge on any atom is -0.457 e. The molecule has 0 unspecified atom stereocenters. The molecule has 1 heterocycles. The van der Waals surface area contributed by atoms with Crippen LogP contribution in [-0.2, 0) is 20.9 Å². The van der Waals surface area contributed by atoms with E-state index in [0.717, 1.165) is 10.4 Å². The predicted octanol–water partition coefficient (Wildman–Crippen LogP) is 4.11. The maximum absolute atomic E-state index is 12.2. The lowest BCUT2D eigenvalue weighted by atomic mass is 9.96. The molecule has 0 fully saturated rings. The molecule has 30 heavy (non-hydrogen) atoms. The highest BCUT2D eigenvalue weighted by Crippen LogP contribution is 2.19. The van der Waals surface area contributed by atoms with Crippen LogP contribution in [0.3, 0.4) is 0 Å². The zero-order chi connectivity index (χ0) is 22.3. The predicted molar refractivity (Wildman–Crippen MR) is 116 cm³/mol. The first-order valence-electron chi connectivity index (χ1n) is 9.72. The third-order valence-corrected chi connectivity index (χ3v) is 5.46. The van der Waals surface area contributed by atoms with E-state index >= 15 is 0 Å². The fourth-order valence-electron chi connectivity index (χ4n) is 2.44. The molecule has 0 saturated heterocycles. The summed E-state index contributed by atoms with van der Waals surface area (Å²) in [6.07, 6.45) is -0.0405. The summed E-state index contributed by atoms with van der Waals surface area (Å²) in [6, 6.07) is 10.6. The SMILES string of the molecule is Cc1ccc(C(=O)CCC(=O)OCC(=O)c2ccc(CNC(=O)C(C)(C)C)s2)cc1. The van der Waals surface area contributed by atoms with Gasteiger partial charge in [-0.05, 0) is 19.1 Å². The van der Waals surface area contributed by atoms with Crippen LogP contribution >= 0.6 is 11.3 Å². The van der Waals surface area contributed by atoms with Gasteiger partial charge in [-0.15, -0.1) is 11.3 Å². The zero-order valence-corrected chi connectivity index (χ0v) is 18.6. The van der Waals surface area contributed by atoms with Gasteiger partial charge in [0.25, 0.3) is 0 Å². The molecule has 7 heteroatoms. The lowest BCUT2D eigenvalue weighted by Crippen LogP contribution is -2.34. The fraction of sp³-hybridized carbons (Fsp3) is 0.391. The van der Waals surface area contributed by atoms with E-state index in [1.807, 2.05) is 39.8 Å². The summed E-state index contributed by atoms with van der Waals surface area (Å²) in [7, 11) is 0. The average Bonchev–Trinajstić information content (AvgIpc) is 3.17. The Morgan fingerprint density at radius 3 is 2.23 bits per heavy atom. The highest BCUT2D eigenvalue weighted by atomic mass is 32.1. The molecule has 1 aromatic heterocycles. The number of hydrogen-bond donors (Lipinski definition) is 1. The summed E-state index contributed by atoms with van der Waals surface area (Å²) in [5.74, 6) is -1.11. The van der Waals surface area contributed by atoms with Gasteiger partial charge in [-0.2, -0.15) is 0 Å². The van der Waals surface area contributed by atoms with Gasteiger partial charge in [0, 0.05) is 22.3 Å². The monoisotopic (exact) mass is 429 g/mol. The first-order valence-corrected chi connectivity index (χ1v) is 10.5. The number of carbonyl (C=O) groups excluding carboxylic acids is 4. The Labute approximate surface area is 180 Å². The quantitative estimate of drug-likeness (QED) is 0.479. The Hall–Kier alpha value is -2.80. The van der Waals surface area contributed by atoms with Crippen molar-refractivity contribution >= 4 is 34.8 Å². The summed E-state index contributed by atoms with van der Waals surface area (Å²) >= 11 is 1.25. The molecular weight excluding hydrogens is 402 g/mol. The average molecular weight is 430 g/mol. The molecule has 6 nitrogen and oxygen atoms in total. The van der Waals surface area contributed by atoms with E-state index in [4.69, 9.17) is 4.74 Å². The molecule has 0 atom stereocenters. The van der Waals surface area contributed by atoms with Gasteiger partial charge in [-0.1, -0.05) is 50.6 Å². The summed E-state index contributed by atoms with van der Waals surface area (Å²) in [5.41, 5.74) is 1.12. The van der Waals surface area contributed by atoms with Gasteiger partial charge >= 0.3 is 5.97 Å². The van der Waals surface area contributed by atoms with Gasteiger partial charge in [0.2, 0.25) is 11.7 Å². The summed E-state index contributed by atoms with van der Waals surface area (Å²) in [4.78, 5) is 49.4. The molecule has 0 spiro atoms. The highest BCUT2D eigenvalue weighted by molar-refractivity contribution is 7.14. The van der Waals surface area contributed by atoms with Crippen LogP contribution in [0.4, 0.5) is 0 Å². The Morgan fingerprint density at radius 1 is 0.933 bits per heavy atom. The van der Waals surface area contributed by atoms with Crippen molar-refractivity contribution in [3.8, 4) is 0 Å². The van der Waals surface area contributed by atoms with E-state index < -0.39 is 11.4 Å². The van der Waals surface area contributed by atoms with Crippen LogP contribution in [0, 0.1) is 12.3 Å². The second-order valence-electron chi connectivity index (χ2n) is 8.07. The van der Waals surface area contributed by atoms with Crippen molar-refractivity contribution in [3.63, 3.8) is 0 Å². The molecular formula is C23H27NO5S. The fourth-order valence-corrected chi connectivity index (χ4v) is 3.32. The second-order valence-corrected chi connectivity index (χ2v) is 9.24. The number of hydrogen-bond acceptors (Lipinski definition) is 6. The van der Waals surface area contributed by atoms with Crippen molar-refractivity contribution in [3.05, 3.63) is 57.3 Å². The smallest absolute Gasteiger partial charge is 0.306 e. The van der Waals surface area contributed by atoms with Crippen molar-refractivity contribution in [2.24, 2.45) is 5.41 Å². The van der Waals surface area contributed by atoms with E-state index in [-0.39, 0.29) is 36.9 Å². The number of benzene rings is 1. The molecule has 0 aliphatic carbocycles. The normalized spacial score (nSPS) is 11.1. The van der Waals surface area contributed by atoms with Gasteiger partial charge in [-0.25, -0.2) is 0 Å². The van der Waals surface area contributed by atoms with Crippen LogP contribution in [0.5, 0.6) is 0 Å². The standard InChI is InChI=1S/C23H27NO5S/c1-15-5-7-16(8-6-15)18(25)10-12-21(27)29-14-19(26)20-11-9-17(30-20)13-24-22(28)23(2,3)4/h5-9,11H,10,12-14H2,1-4H3,(H,24,28). The number of thiophene rings is 1. The largest absolute Gasteiger partial charge is 0.457 e. The number of nitrogens with one attached hydrogen (secondary N) is 1. The van der Waals surface area contributed by atoms with E-state index in [0.29, 0.717) is 17.0 Å². The molecule has 2 rings (SSSR count).